The summed E-state index contributed by atoms with van der Waals surface area (Å²) in [6.07, 6.45) is 6.47. The molecule has 0 aliphatic rings. The Morgan fingerprint density at radius 2 is 0.741 bits per heavy atom. The van der Waals surface area contributed by atoms with Crippen LogP contribution in [0.25, 0.3) is 22.9 Å². The van der Waals surface area contributed by atoms with Gasteiger partial charge in [0.25, 0.3) is 0 Å². The van der Waals surface area contributed by atoms with Crippen LogP contribution < -0.4 is 0 Å². The van der Waals surface area contributed by atoms with Gasteiger partial charge >= 0.3 is 34.5 Å². The van der Waals surface area contributed by atoms with Crippen LogP contribution in [0.15, 0.2) is 46.3 Å². The molecule has 0 amide bonds. The van der Waals surface area contributed by atoms with Crippen LogP contribution in [0.5, 0.6) is 0 Å². The molecule has 0 unspecified atom stereocenters. The molecular weight excluding hydrogens is 558 g/mol. The Morgan fingerprint density at radius 1 is 0.556 bits per heavy atom. The zero-order valence-corrected chi connectivity index (χ0v) is 19.5. The molecule has 0 spiro atoms. The van der Waals surface area contributed by atoms with Crippen molar-refractivity contribution in [3.05, 3.63) is 69.2 Å². The van der Waals surface area contributed by atoms with Crippen molar-refractivity contribution in [2.45, 2.75) is 0 Å². The van der Waals surface area contributed by atoms with Gasteiger partial charge in [-0.1, -0.05) is 24.8 Å². The first kappa shape index (κ1) is 25.9. The summed E-state index contributed by atoms with van der Waals surface area (Å²) in [5.74, 6) is 0. The summed E-state index contributed by atoms with van der Waals surface area (Å²) in [4.78, 5) is 14.4. The number of halogens is 2. The molecule has 151 valence electrons. The van der Waals surface area contributed by atoms with Crippen LogP contribution in [0, 0.1) is 0 Å². The number of nitrogens with one attached hydrogen (secondary N) is 4. The summed E-state index contributed by atoms with van der Waals surface area (Å²) in [5, 5.41) is 8.66. The van der Waals surface area contributed by atoms with Crippen LogP contribution in [0.1, 0.15) is 0 Å². The minimum absolute atomic E-state index is 0.226. The third-order valence-electron chi connectivity index (χ3n) is 1.73. The van der Waals surface area contributed by atoms with E-state index in [9.17, 15) is 0 Å². The smallest absolute Gasteiger partial charge is 0.00862 e. The van der Waals surface area contributed by atoms with E-state index in [4.69, 9.17) is 42.3 Å². The van der Waals surface area contributed by atoms with E-state index < -0.39 is 0 Å². The molecule has 0 fully saturated rings. The predicted octanol–water partition coefficient (Wildman–Crippen LogP) is 8.68. The average Bonchev–Trinajstić information content (AvgIpc) is 3.41. The zero-order chi connectivity index (χ0) is 20.3. The number of nitrogens with zero attached hydrogens (tertiary/aromatic N) is 4. The molecule has 0 saturated heterocycles. The molecule has 0 aliphatic carbocycles. The van der Waals surface area contributed by atoms with Gasteiger partial charge in [-0.25, -0.2) is 0 Å². The average molecular weight is 570 g/mol. The summed E-state index contributed by atoms with van der Waals surface area (Å²) in [6.45, 7) is 0. The Hall–Kier alpha value is -1.08. The minimum atomic E-state index is -0.226. The normalized spacial score (nSPS) is 8.52. The summed E-state index contributed by atoms with van der Waals surface area (Å²) in [7, 11) is 9.67. The molecule has 4 heterocycles. The molecule has 0 aliphatic heterocycles. The van der Waals surface area contributed by atoms with Gasteiger partial charge in [0.1, 0.15) is 0 Å². The molecule has 0 atom stereocenters. The van der Waals surface area contributed by atoms with E-state index in [0.29, 0.717) is 20.5 Å². The number of aromatic nitrogens is 4. The molecule has 4 N–H and O–H groups in total. The fraction of sp³-hybridized carbons (Fsp3) is 0. The van der Waals surface area contributed by atoms with Crippen LogP contribution >= 0.6 is 64.7 Å². The Morgan fingerprint density at radius 3 is 0.778 bits per heavy atom. The Balaban J connectivity index is 0.000000319. The minimum Gasteiger partial charge on any atom is -0.473 e. The van der Waals surface area contributed by atoms with Gasteiger partial charge in [0.2, 0.25) is 0 Å². The van der Waals surface area contributed by atoms with Gasteiger partial charge in [0, 0.05) is 0 Å². The second-order valence-electron chi connectivity index (χ2n) is 3.40. The van der Waals surface area contributed by atoms with E-state index in [1.54, 1.807) is 46.3 Å². The summed E-state index contributed by atoms with van der Waals surface area (Å²) >= 11 is 5.11. The van der Waals surface area contributed by atoms with Gasteiger partial charge < -0.3 is 42.9 Å². The summed E-state index contributed by atoms with van der Waals surface area (Å²) in [6, 6.07) is 0. The second kappa shape index (κ2) is 18.3. The Kier molecular flexibility index (Phi) is 17.6. The molecular formula is C12H12Cl2N8RhS4-4. The van der Waals surface area contributed by atoms with E-state index in [0.717, 1.165) is 0 Å². The number of hydrogen-bond donors (Lipinski definition) is 0. The van der Waals surface area contributed by atoms with Gasteiger partial charge in [-0.15, -0.1) is 0 Å². The second-order valence-corrected chi connectivity index (χ2v) is 9.46. The number of thiazole rings is 4. The molecule has 4 rings (SSSR count). The van der Waals surface area contributed by atoms with E-state index >= 15 is 0 Å². The first-order valence-corrected chi connectivity index (χ1v) is 14.0. The van der Waals surface area contributed by atoms with Crippen molar-refractivity contribution in [2.75, 3.05) is 0 Å². The Bertz CT molecular complexity index is 610. The maximum Gasteiger partial charge on any atom is -0.00862 e. The van der Waals surface area contributed by atoms with Crippen molar-refractivity contribution < 1.29 is 15.1 Å². The topological polar surface area (TPSA) is 147 Å². The van der Waals surface area contributed by atoms with Gasteiger partial charge in [0.15, 0.2) is 0 Å². The Labute approximate surface area is 188 Å². The van der Waals surface area contributed by atoms with Gasteiger partial charge in [-0.05, 0) is 42.0 Å². The van der Waals surface area contributed by atoms with Crippen molar-refractivity contribution >= 4 is 85.3 Å². The van der Waals surface area contributed by atoms with Gasteiger partial charge in [-0.3, -0.25) is 0 Å². The molecule has 15 heteroatoms. The molecule has 0 aromatic carbocycles. The summed E-state index contributed by atoms with van der Waals surface area (Å²) in [5.41, 5.74) is 27.1. The standard InChI is InChI=1S/4C3H3N2S.2ClH.Rh/c4*4-3-5-1-2-6-3;;;/h4*1-2H,(H-,4,5);2*1H;/q4*-1;;;+2/p-2. The largest absolute Gasteiger partial charge is 0.473 e. The number of hydrogen-bond acceptors (Lipinski definition) is 8. The zero-order valence-electron chi connectivity index (χ0n) is 13.1. The summed E-state index contributed by atoms with van der Waals surface area (Å²) < 4.78 is 0. The third-order valence-corrected chi connectivity index (χ3v) is 4.08. The number of rotatable bonds is 0. The molecule has 8 nitrogen and oxygen atoms in total. The van der Waals surface area contributed by atoms with Crippen molar-refractivity contribution in [1.82, 2.24) is 19.9 Å². The van der Waals surface area contributed by atoms with Crippen molar-refractivity contribution in [3.8, 4) is 0 Å². The van der Waals surface area contributed by atoms with E-state index in [2.05, 4.69) is 19.9 Å². The molecule has 0 radical (unpaired) electrons. The molecule has 4 aromatic rings. The maximum atomic E-state index is 6.78. The van der Waals surface area contributed by atoms with Crippen molar-refractivity contribution in [3.63, 3.8) is 0 Å². The van der Waals surface area contributed by atoms with Crippen LogP contribution in [-0.4, -0.2) is 19.9 Å². The quantitative estimate of drug-likeness (QED) is 0.195. The first-order valence-electron chi connectivity index (χ1n) is 6.27. The monoisotopic (exact) mass is 569 g/mol. The first-order chi connectivity index (χ1) is 13.0. The SMILES string of the molecule is [Cl][Rh][Cl].[NH-]c1nccs1.[NH-]c1nccs1.[NH-]c1nccs1.[NH-]c1nccs1. The fourth-order valence-electron chi connectivity index (χ4n) is 0.894. The van der Waals surface area contributed by atoms with Crippen molar-refractivity contribution in [2.24, 2.45) is 0 Å². The van der Waals surface area contributed by atoms with Gasteiger partial charge in [-0.2, -0.15) is 45.3 Å². The third kappa shape index (κ3) is 18.1. The molecule has 0 bridgehead atoms. The molecule has 4 aromatic heterocycles. The van der Waals surface area contributed by atoms with Crippen LogP contribution in [0.4, 0.5) is 20.5 Å². The fourth-order valence-corrected chi connectivity index (χ4v) is 2.38. The van der Waals surface area contributed by atoms with E-state index in [-0.39, 0.29) is 15.1 Å². The van der Waals surface area contributed by atoms with E-state index in [1.165, 1.54) is 45.3 Å². The van der Waals surface area contributed by atoms with Gasteiger partial charge in [0.05, 0.1) is 0 Å². The van der Waals surface area contributed by atoms with Crippen LogP contribution in [0.2, 0.25) is 0 Å². The van der Waals surface area contributed by atoms with Crippen molar-refractivity contribution in [1.29, 1.82) is 0 Å². The van der Waals surface area contributed by atoms with E-state index in [1.807, 2.05) is 0 Å². The predicted molar refractivity (Wildman–Crippen MR) is 116 cm³/mol. The van der Waals surface area contributed by atoms with Crippen LogP contribution in [-0.2, 0) is 15.1 Å². The molecule has 27 heavy (non-hydrogen) atoms. The molecule has 0 saturated carbocycles. The van der Waals surface area contributed by atoms with Crippen LogP contribution in [0.3, 0.4) is 0 Å². The maximum absolute atomic E-state index is 6.78.